The fourth-order valence-electron chi connectivity index (χ4n) is 5.03. The summed E-state index contributed by atoms with van der Waals surface area (Å²) in [6.45, 7) is 4.89. The zero-order valence-electron chi connectivity index (χ0n) is 27.1. The second kappa shape index (κ2) is 15.1. The average Bonchev–Trinajstić information content (AvgIpc) is 3.05. The van der Waals surface area contributed by atoms with Crippen LogP contribution in [0.3, 0.4) is 0 Å². The summed E-state index contributed by atoms with van der Waals surface area (Å²) in [5, 5.41) is 3.00. The van der Waals surface area contributed by atoms with E-state index in [-0.39, 0.29) is 35.2 Å². The highest BCUT2D eigenvalue weighted by Crippen LogP contribution is 2.32. The molecule has 0 bridgehead atoms. The third kappa shape index (κ3) is 9.10. The van der Waals surface area contributed by atoms with Gasteiger partial charge in [0.1, 0.15) is 18.4 Å². The predicted molar refractivity (Wildman–Crippen MR) is 179 cm³/mol. The first kappa shape index (κ1) is 35.0. The summed E-state index contributed by atoms with van der Waals surface area (Å²) in [7, 11) is -1.62. The van der Waals surface area contributed by atoms with Gasteiger partial charge in [0.15, 0.2) is 11.5 Å². The van der Waals surface area contributed by atoms with E-state index in [2.05, 4.69) is 5.32 Å². The van der Waals surface area contributed by atoms with E-state index >= 15 is 0 Å². The topological polar surface area (TPSA) is 105 Å². The molecule has 0 unspecified atom stereocenters. The predicted octanol–water partition coefficient (Wildman–Crippen LogP) is 5.59. The third-order valence-corrected chi connectivity index (χ3v) is 9.07. The van der Waals surface area contributed by atoms with Crippen LogP contribution in [-0.4, -0.2) is 57.5 Å². The molecule has 1 atom stereocenters. The zero-order chi connectivity index (χ0) is 34.2. The molecule has 0 fully saturated rings. The number of nitrogens with zero attached hydrogens (tertiary/aromatic N) is 2. The van der Waals surface area contributed by atoms with Crippen LogP contribution in [0.1, 0.15) is 31.9 Å². The molecule has 4 aromatic rings. The lowest BCUT2D eigenvalue weighted by Crippen LogP contribution is -2.56. The molecule has 0 spiro atoms. The quantitative estimate of drug-likeness (QED) is 0.200. The number of hydrogen-bond acceptors (Lipinski definition) is 6. The van der Waals surface area contributed by atoms with E-state index in [1.165, 1.54) is 49.5 Å². The van der Waals surface area contributed by atoms with Gasteiger partial charge in [0.2, 0.25) is 11.8 Å². The van der Waals surface area contributed by atoms with Crippen molar-refractivity contribution in [2.45, 2.75) is 50.2 Å². The van der Waals surface area contributed by atoms with Crippen LogP contribution in [0, 0.1) is 5.82 Å². The van der Waals surface area contributed by atoms with E-state index in [4.69, 9.17) is 9.47 Å². The molecule has 0 aliphatic rings. The fraction of sp³-hybridized carbons (Fsp3) is 0.278. The molecule has 248 valence electrons. The van der Waals surface area contributed by atoms with Crippen LogP contribution in [0.4, 0.5) is 10.1 Å². The number of amides is 2. The number of carbonyl (C=O) groups is 2. The number of benzene rings is 4. The van der Waals surface area contributed by atoms with Crippen molar-refractivity contribution >= 4 is 27.5 Å². The maximum Gasteiger partial charge on any atom is 0.264 e. The van der Waals surface area contributed by atoms with Gasteiger partial charge >= 0.3 is 0 Å². The largest absolute Gasteiger partial charge is 0.493 e. The Labute approximate surface area is 276 Å². The van der Waals surface area contributed by atoms with Crippen molar-refractivity contribution < 1.29 is 31.9 Å². The van der Waals surface area contributed by atoms with Crippen LogP contribution in [0.15, 0.2) is 108 Å². The first-order valence-corrected chi connectivity index (χ1v) is 16.5. The molecular weight excluding hydrogens is 621 g/mol. The standard InChI is InChI=1S/C36H40FN3O6S/c1-36(2,3)38-35(42)31(22-26-12-8-6-9-13-26)39(24-27-14-10-7-11-15-27)34(41)25-40(29-18-16-28(37)17-19-29)47(43,44)30-20-21-32(45-4)33(23-30)46-5/h6-21,23,31H,22,24-25H2,1-5H3,(H,38,42)/t31-/m1/s1. The van der Waals surface area contributed by atoms with Gasteiger partial charge in [0.05, 0.1) is 24.8 Å². The number of methoxy groups -OCH3 is 2. The summed E-state index contributed by atoms with van der Waals surface area (Å²) in [4.78, 5) is 29.7. The van der Waals surface area contributed by atoms with Crippen molar-refractivity contribution in [3.63, 3.8) is 0 Å². The minimum absolute atomic E-state index is 0.0302. The Morgan fingerprint density at radius 3 is 1.94 bits per heavy atom. The van der Waals surface area contributed by atoms with Crippen LogP contribution in [0.25, 0.3) is 0 Å². The Hall–Kier alpha value is -4.90. The van der Waals surface area contributed by atoms with Gasteiger partial charge in [-0.2, -0.15) is 0 Å². The van der Waals surface area contributed by atoms with E-state index in [1.54, 1.807) is 0 Å². The first-order chi connectivity index (χ1) is 22.3. The molecule has 0 saturated carbocycles. The second-order valence-electron chi connectivity index (χ2n) is 12.0. The van der Waals surface area contributed by atoms with Crippen LogP contribution < -0.4 is 19.1 Å². The van der Waals surface area contributed by atoms with Crippen LogP contribution >= 0.6 is 0 Å². The fourth-order valence-corrected chi connectivity index (χ4v) is 6.46. The summed E-state index contributed by atoms with van der Waals surface area (Å²) in [6.07, 6.45) is 0.181. The van der Waals surface area contributed by atoms with Gasteiger partial charge < -0.3 is 19.7 Å². The molecule has 0 aromatic heterocycles. The number of carbonyl (C=O) groups excluding carboxylic acids is 2. The number of nitrogens with one attached hydrogen (secondary N) is 1. The molecule has 2 amide bonds. The van der Waals surface area contributed by atoms with Crippen molar-refractivity contribution in [3.8, 4) is 11.5 Å². The first-order valence-electron chi connectivity index (χ1n) is 15.0. The number of ether oxygens (including phenoxy) is 2. The van der Waals surface area contributed by atoms with Crippen molar-refractivity contribution in [1.82, 2.24) is 10.2 Å². The Morgan fingerprint density at radius 1 is 0.809 bits per heavy atom. The zero-order valence-corrected chi connectivity index (χ0v) is 28.0. The van der Waals surface area contributed by atoms with E-state index in [0.29, 0.717) is 5.75 Å². The summed E-state index contributed by atoms with van der Waals surface area (Å²) < 4.78 is 54.1. The minimum atomic E-state index is -4.43. The smallest absolute Gasteiger partial charge is 0.264 e. The molecule has 0 radical (unpaired) electrons. The molecule has 1 N–H and O–H groups in total. The maximum absolute atomic E-state index is 14.5. The molecule has 4 rings (SSSR count). The molecule has 0 saturated heterocycles. The Bertz CT molecular complexity index is 1760. The van der Waals surface area contributed by atoms with Gasteiger partial charge in [0.25, 0.3) is 10.0 Å². The number of sulfonamides is 1. The lowest BCUT2D eigenvalue weighted by molar-refractivity contribution is -0.140. The third-order valence-electron chi connectivity index (χ3n) is 7.30. The number of anilines is 1. The lowest BCUT2D eigenvalue weighted by atomic mass is 10.0. The van der Waals surface area contributed by atoms with E-state index in [1.807, 2.05) is 81.4 Å². The molecule has 0 heterocycles. The molecule has 9 nitrogen and oxygen atoms in total. The Kier molecular flexibility index (Phi) is 11.3. The van der Waals surface area contributed by atoms with Crippen molar-refractivity contribution in [2.24, 2.45) is 0 Å². The van der Waals surface area contributed by atoms with Crippen molar-refractivity contribution in [3.05, 3.63) is 120 Å². The van der Waals surface area contributed by atoms with Crippen molar-refractivity contribution in [2.75, 3.05) is 25.1 Å². The summed E-state index contributed by atoms with van der Waals surface area (Å²) in [5.41, 5.74) is 1.02. The van der Waals surface area contributed by atoms with E-state index < -0.39 is 39.9 Å². The molecule has 0 aliphatic carbocycles. The lowest BCUT2D eigenvalue weighted by Gasteiger charge is -2.35. The average molecular weight is 662 g/mol. The van der Waals surface area contributed by atoms with Gasteiger partial charge in [-0.15, -0.1) is 0 Å². The van der Waals surface area contributed by atoms with Gasteiger partial charge in [0, 0.05) is 24.6 Å². The summed E-state index contributed by atoms with van der Waals surface area (Å²) >= 11 is 0. The molecule has 11 heteroatoms. The highest BCUT2D eigenvalue weighted by molar-refractivity contribution is 7.92. The summed E-state index contributed by atoms with van der Waals surface area (Å²) in [5.74, 6) is -1.10. The minimum Gasteiger partial charge on any atom is -0.493 e. The number of hydrogen-bond donors (Lipinski definition) is 1. The van der Waals surface area contributed by atoms with Gasteiger partial charge in [-0.3, -0.25) is 13.9 Å². The van der Waals surface area contributed by atoms with E-state index in [9.17, 15) is 22.4 Å². The Balaban J connectivity index is 1.82. The van der Waals surface area contributed by atoms with E-state index in [0.717, 1.165) is 27.6 Å². The number of rotatable bonds is 13. The van der Waals surface area contributed by atoms with Crippen LogP contribution in [0.5, 0.6) is 11.5 Å². The Morgan fingerprint density at radius 2 is 1.38 bits per heavy atom. The monoisotopic (exact) mass is 661 g/mol. The van der Waals surface area contributed by atoms with Crippen molar-refractivity contribution in [1.29, 1.82) is 0 Å². The normalized spacial score (nSPS) is 12.1. The highest BCUT2D eigenvalue weighted by Gasteiger charge is 2.36. The molecule has 0 aliphatic heterocycles. The SMILES string of the molecule is COc1ccc(S(=O)(=O)N(CC(=O)N(Cc2ccccc2)[C@H](Cc2ccccc2)C(=O)NC(C)(C)C)c2ccc(F)cc2)cc1OC. The maximum atomic E-state index is 14.5. The molecule has 47 heavy (non-hydrogen) atoms. The van der Waals surface area contributed by atoms with Crippen LogP contribution in [-0.2, 0) is 32.6 Å². The molecule has 4 aromatic carbocycles. The van der Waals surface area contributed by atoms with Gasteiger partial charge in [-0.05, 0) is 68.3 Å². The number of halogens is 1. The second-order valence-corrected chi connectivity index (χ2v) is 13.8. The van der Waals surface area contributed by atoms with Gasteiger partial charge in [-0.25, -0.2) is 12.8 Å². The van der Waals surface area contributed by atoms with Gasteiger partial charge in [-0.1, -0.05) is 60.7 Å². The molecular formula is C36H40FN3O6S. The highest BCUT2D eigenvalue weighted by atomic mass is 32.2. The van der Waals surface area contributed by atoms with Crippen LogP contribution in [0.2, 0.25) is 0 Å². The summed E-state index contributed by atoms with van der Waals surface area (Å²) in [6, 6.07) is 26.4.